The van der Waals surface area contributed by atoms with Crippen LogP contribution in [-0.4, -0.2) is 54.6 Å². The van der Waals surface area contributed by atoms with Crippen molar-refractivity contribution < 1.29 is 14.2 Å². The van der Waals surface area contributed by atoms with Gasteiger partial charge in [-0.2, -0.15) is 5.10 Å². The van der Waals surface area contributed by atoms with Crippen molar-refractivity contribution in [3.8, 4) is 11.5 Å². The Hall–Kier alpha value is -3.59. The van der Waals surface area contributed by atoms with Crippen LogP contribution in [0, 0.1) is 6.92 Å². The highest BCUT2D eigenvalue weighted by Gasteiger charge is 2.06. The SMILES string of the molecule is COCCNc1cc(Nc2cc(C)[nH]n2)nc(C=Cc2cc(OC)cc(OC)c2)n1. The van der Waals surface area contributed by atoms with Crippen LogP contribution in [0.4, 0.5) is 17.5 Å². The Morgan fingerprint density at radius 1 is 0.900 bits per heavy atom. The Morgan fingerprint density at radius 3 is 2.27 bits per heavy atom. The molecule has 0 spiro atoms. The summed E-state index contributed by atoms with van der Waals surface area (Å²) < 4.78 is 15.7. The maximum absolute atomic E-state index is 5.32. The summed E-state index contributed by atoms with van der Waals surface area (Å²) >= 11 is 0. The highest BCUT2D eigenvalue weighted by Crippen LogP contribution is 2.24. The summed E-state index contributed by atoms with van der Waals surface area (Å²) in [5.41, 5.74) is 1.86. The zero-order valence-corrected chi connectivity index (χ0v) is 17.5. The van der Waals surface area contributed by atoms with Crippen LogP contribution in [0.5, 0.6) is 11.5 Å². The van der Waals surface area contributed by atoms with E-state index in [-0.39, 0.29) is 0 Å². The van der Waals surface area contributed by atoms with Crippen LogP contribution in [0.25, 0.3) is 12.2 Å². The molecule has 0 saturated carbocycles. The summed E-state index contributed by atoms with van der Waals surface area (Å²) in [4.78, 5) is 9.13. The molecule has 9 heteroatoms. The Kier molecular flexibility index (Phi) is 7.23. The Balaban J connectivity index is 1.87. The van der Waals surface area contributed by atoms with Crippen LogP contribution in [0.3, 0.4) is 0 Å². The number of aryl methyl sites for hydroxylation is 1. The van der Waals surface area contributed by atoms with Gasteiger partial charge in [-0.25, -0.2) is 9.97 Å². The second-order valence-corrected chi connectivity index (χ2v) is 6.46. The van der Waals surface area contributed by atoms with E-state index in [1.807, 2.05) is 49.4 Å². The van der Waals surface area contributed by atoms with Gasteiger partial charge < -0.3 is 24.8 Å². The fourth-order valence-electron chi connectivity index (χ4n) is 2.69. The third kappa shape index (κ3) is 5.95. The third-order valence-electron chi connectivity index (χ3n) is 4.12. The minimum atomic E-state index is 0.536. The number of hydrogen-bond donors (Lipinski definition) is 3. The topological polar surface area (TPSA) is 106 Å². The molecule has 0 amide bonds. The number of nitrogens with one attached hydrogen (secondary N) is 3. The van der Waals surface area contributed by atoms with Crippen molar-refractivity contribution in [1.29, 1.82) is 0 Å². The molecular formula is C21H26N6O3. The van der Waals surface area contributed by atoms with Crippen LogP contribution in [0.15, 0.2) is 30.3 Å². The molecule has 0 aliphatic rings. The monoisotopic (exact) mass is 410 g/mol. The van der Waals surface area contributed by atoms with E-state index in [0.29, 0.717) is 47.9 Å². The van der Waals surface area contributed by atoms with Crippen LogP contribution in [0.1, 0.15) is 17.1 Å². The van der Waals surface area contributed by atoms with Gasteiger partial charge in [0, 0.05) is 37.5 Å². The van der Waals surface area contributed by atoms with Crippen molar-refractivity contribution in [3.63, 3.8) is 0 Å². The van der Waals surface area contributed by atoms with Gasteiger partial charge in [0.2, 0.25) is 0 Å². The molecule has 30 heavy (non-hydrogen) atoms. The average Bonchev–Trinajstić information content (AvgIpc) is 3.16. The van der Waals surface area contributed by atoms with E-state index in [2.05, 4.69) is 30.8 Å². The van der Waals surface area contributed by atoms with Crippen molar-refractivity contribution in [2.45, 2.75) is 6.92 Å². The molecule has 3 N–H and O–H groups in total. The lowest BCUT2D eigenvalue weighted by molar-refractivity contribution is 0.210. The fraction of sp³-hybridized carbons (Fsp3) is 0.286. The number of aromatic nitrogens is 4. The lowest BCUT2D eigenvalue weighted by Gasteiger charge is -2.09. The maximum Gasteiger partial charge on any atom is 0.156 e. The highest BCUT2D eigenvalue weighted by atomic mass is 16.5. The molecule has 158 valence electrons. The van der Waals surface area contributed by atoms with E-state index in [1.54, 1.807) is 21.3 Å². The van der Waals surface area contributed by atoms with Crippen LogP contribution in [0.2, 0.25) is 0 Å². The molecule has 3 aromatic rings. The van der Waals surface area contributed by atoms with Gasteiger partial charge in [0.25, 0.3) is 0 Å². The second kappa shape index (κ2) is 10.3. The zero-order valence-electron chi connectivity index (χ0n) is 17.5. The second-order valence-electron chi connectivity index (χ2n) is 6.46. The van der Waals surface area contributed by atoms with E-state index >= 15 is 0 Å². The van der Waals surface area contributed by atoms with E-state index in [1.165, 1.54) is 0 Å². The lowest BCUT2D eigenvalue weighted by Crippen LogP contribution is -2.10. The zero-order chi connectivity index (χ0) is 21.3. The molecule has 9 nitrogen and oxygen atoms in total. The molecule has 2 aromatic heterocycles. The van der Waals surface area contributed by atoms with E-state index < -0.39 is 0 Å². The summed E-state index contributed by atoms with van der Waals surface area (Å²) in [6.45, 7) is 3.14. The van der Waals surface area contributed by atoms with Gasteiger partial charge in [-0.1, -0.05) is 6.08 Å². The summed E-state index contributed by atoms with van der Waals surface area (Å²) in [6.07, 6.45) is 3.73. The standard InChI is InChI=1S/C21H26N6O3/c1-14-9-21(27-26-14)25-20-13-19(22-7-8-28-2)23-18(24-20)6-5-15-10-16(29-3)12-17(11-15)30-4/h5-6,9-13H,7-8H2,1-4H3,(H3,22,23,24,25,26,27). The minimum Gasteiger partial charge on any atom is -0.497 e. The number of anilines is 3. The summed E-state index contributed by atoms with van der Waals surface area (Å²) in [5.74, 6) is 3.94. The average molecular weight is 410 g/mol. The lowest BCUT2D eigenvalue weighted by atomic mass is 10.2. The number of aromatic amines is 1. The normalized spacial score (nSPS) is 10.9. The van der Waals surface area contributed by atoms with Gasteiger partial charge in [0.05, 0.1) is 20.8 Å². The van der Waals surface area contributed by atoms with Crippen molar-refractivity contribution in [2.24, 2.45) is 0 Å². The molecule has 0 saturated heterocycles. The van der Waals surface area contributed by atoms with Crippen molar-refractivity contribution in [3.05, 3.63) is 47.4 Å². The van der Waals surface area contributed by atoms with E-state index in [9.17, 15) is 0 Å². The van der Waals surface area contributed by atoms with Gasteiger partial charge in [0.1, 0.15) is 23.1 Å². The van der Waals surface area contributed by atoms with Crippen LogP contribution >= 0.6 is 0 Å². The van der Waals surface area contributed by atoms with Gasteiger partial charge in [-0.15, -0.1) is 0 Å². The molecule has 0 aliphatic carbocycles. The molecule has 0 atom stereocenters. The Morgan fingerprint density at radius 2 is 1.63 bits per heavy atom. The Labute approximate surface area is 175 Å². The number of hydrogen-bond acceptors (Lipinski definition) is 8. The molecule has 3 rings (SSSR count). The first-order valence-electron chi connectivity index (χ1n) is 9.41. The molecule has 0 aliphatic heterocycles. The van der Waals surface area contributed by atoms with Crippen molar-refractivity contribution in [2.75, 3.05) is 45.1 Å². The van der Waals surface area contributed by atoms with Gasteiger partial charge in [0.15, 0.2) is 11.6 Å². The predicted octanol–water partition coefficient (Wildman–Crippen LogP) is 3.50. The summed E-state index contributed by atoms with van der Waals surface area (Å²) in [6, 6.07) is 9.36. The van der Waals surface area contributed by atoms with Crippen LogP contribution < -0.4 is 20.1 Å². The number of rotatable bonds is 10. The third-order valence-corrected chi connectivity index (χ3v) is 4.12. The molecule has 0 radical (unpaired) electrons. The fourth-order valence-corrected chi connectivity index (χ4v) is 2.69. The predicted molar refractivity (Wildman–Crippen MR) is 117 cm³/mol. The highest BCUT2D eigenvalue weighted by molar-refractivity contribution is 5.70. The molecule has 0 bridgehead atoms. The van der Waals surface area contributed by atoms with Crippen LogP contribution in [-0.2, 0) is 4.74 Å². The van der Waals surface area contributed by atoms with Gasteiger partial charge >= 0.3 is 0 Å². The molecular weight excluding hydrogens is 384 g/mol. The smallest absolute Gasteiger partial charge is 0.156 e. The first-order chi connectivity index (χ1) is 14.6. The first-order valence-corrected chi connectivity index (χ1v) is 9.41. The number of nitrogens with zero attached hydrogens (tertiary/aromatic N) is 3. The minimum absolute atomic E-state index is 0.536. The maximum atomic E-state index is 5.32. The molecule has 2 heterocycles. The largest absolute Gasteiger partial charge is 0.497 e. The number of benzene rings is 1. The van der Waals surface area contributed by atoms with Crippen molar-refractivity contribution >= 4 is 29.6 Å². The van der Waals surface area contributed by atoms with Gasteiger partial charge in [-0.3, -0.25) is 5.10 Å². The Bertz CT molecular complexity index is 980. The molecule has 1 aromatic carbocycles. The van der Waals surface area contributed by atoms with Crippen molar-refractivity contribution in [1.82, 2.24) is 20.2 Å². The summed E-state index contributed by atoms with van der Waals surface area (Å²) in [7, 11) is 4.90. The number of ether oxygens (including phenoxy) is 3. The number of H-pyrrole nitrogens is 1. The van der Waals surface area contributed by atoms with E-state index in [4.69, 9.17) is 14.2 Å². The first kappa shape index (κ1) is 21.1. The van der Waals surface area contributed by atoms with Gasteiger partial charge in [-0.05, 0) is 30.7 Å². The van der Waals surface area contributed by atoms with E-state index in [0.717, 1.165) is 11.3 Å². The molecule has 0 fully saturated rings. The number of methoxy groups -OCH3 is 3. The summed E-state index contributed by atoms with van der Waals surface area (Å²) in [5, 5.41) is 13.5. The molecule has 0 unspecified atom stereocenters. The quantitative estimate of drug-likeness (QED) is 0.436.